The van der Waals surface area contributed by atoms with Gasteiger partial charge in [-0.05, 0) is 57.3 Å². The van der Waals surface area contributed by atoms with Gasteiger partial charge in [0.05, 0.1) is 12.0 Å². The van der Waals surface area contributed by atoms with Crippen LogP contribution >= 0.6 is 0 Å². The van der Waals surface area contributed by atoms with Gasteiger partial charge in [0.25, 0.3) is 0 Å². The van der Waals surface area contributed by atoms with Gasteiger partial charge < -0.3 is 9.64 Å². The molecular weight excluding hydrogens is 300 g/mol. The lowest BCUT2D eigenvalue weighted by atomic mass is 9.99. The van der Waals surface area contributed by atoms with Crippen LogP contribution in [0.25, 0.3) is 0 Å². The number of methoxy groups -OCH3 is 1. The molecule has 1 aliphatic rings. The molecule has 0 aliphatic carbocycles. The number of sulfonamides is 1. The van der Waals surface area contributed by atoms with E-state index >= 15 is 0 Å². The van der Waals surface area contributed by atoms with Gasteiger partial charge in [0, 0.05) is 19.2 Å². The summed E-state index contributed by atoms with van der Waals surface area (Å²) in [6.45, 7) is 6.25. The summed E-state index contributed by atoms with van der Waals surface area (Å²) >= 11 is 0. The Morgan fingerprint density at radius 3 is 2.68 bits per heavy atom. The van der Waals surface area contributed by atoms with E-state index in [1.807, 2.05) is 19.9 Å². The normalized spacial score (nSPS) is 20.1. The Bertz CT molecular complexity index is 629. The minimum Gasteiger partial charge on any atom is -0.496 e. The largest absolute Gasteiger partial charge is 0.496 e. The van der Waals surface area contributed by atoms with Gasteiger partial charge in [-0.2, -0.15) is 0 Å². The molecule has 5 nitrogen and oxygen atoms in total. The zero-order valence-electron chi connectivity index (χ0n) is 13.8. The fourth-order valence-corrected chi connectivity index (χ4v) is 4.42. The number of benzene rings is 1. The molecule has 6 heteroatoms. The minimum absolute atomic E-state index is 0.305. The highest BCUT2D eigenvalue weighted by Crippen LogP contribution is 2.26. The van der Waals surface area contributed by atoms with Crippen LogP contribution in [0.4, 0.5) is 0 Å². The van der Waals surface area contributed by atoms with Crippen LogP contribution in [0.3, 0.4) is 0 Å². The topological polar surface area (TPSA) is 58.6 Å². The van der Waals surface area contributed by atoms with Crippen molar-refractivity contribution >= 4 is 10.0 Å². The van der Waals surface area contributed by atoms with Crippen LogP contribution in [-0.2, 0) is 10.0 Å². The summed E-state index contributed by atoms with van der Waals surface area (Å²) in [5.41, 5.74) is 1.68. The van der Waals surface area contributed by atoms with Gasteiger partial charge in [-0.1, -0.05) is 6.07 Å². The number of nitrogens with one attached hydrogen (secondary N) is 1. The van der Waals surface area contributed by atoms with E-state index in [9.17, 15) is 8.42 Å². The van der Waals surface area contributed by atoms with E-state index in [0.717, 1.165) is 37.1 Å². The van der Waals surface area contributed by atoms with Crippen LogP contribution in [0.2, 0.25) is 0 Å². The van der Waals surface area contributed by atoms with E-state index in [2.05, 4.69) is 16.7 Å². The molecule has 0 bridgehead atoms. The molecule has 22 heavy (non-hydrogen) atoms. The minimum atomic E-state index is -3.51. The van der Waals surface area contributed by atoms with E-state index < -0.39 is 10.0 Å². The molecule has 1 saturated heterocycles. The SMILES string of the molecule is COc1cc(S(=O)(=O)NC[C@@H]2CCCN(C)C2)c(C)cc1C. The highest BCUT2D eigenvalue weighted by atomic mass is 32.2. The van der Waals surface area contributed by atoms with Crippen molar-refractivity contribution in [2.75, 3.05) is 33.8 Å². The second kappa shape index (κ2) is 6.98. The van der Waals surface area contributed by atoms with Gasteiger partial charge in [0.1, 0.15) is 5.75 Å². The Kier molecular flexibility index (Phi) is 5.47. The maximum Gasteiger partial charge on any atom is 0.240 e. The van der Waals surface area contributed by atoms with Crippen LogP contribution in [0.1, 0.15) is 24.0 Å². The summed E-state index contributed by atoms with van der Waals surface area (Å²) in [7, 11) is 0.128. The standard InChI is InChI=1S/C16H26N2O3S/c1-12-8-13(2)16(9-15(12)21-4)22(19,20)17-10-14-6-5-7-18(3)11-14/h8-9,14,17H,5-7,10-11H2,1-4H3/t14-/m0/s1. The fraction of sp³-hybridized carbons (Fsp3) is 0.625. The van der Waals surface area contributed by atoms with Gasteiger partial charge in [0.2, 0.25) is 10.0 Å². The molecule has 124 valence electrons. The molecule has 0 unspecified atom stereocenters. The molecule has 1 aromatic rings. The van der Waals surface area contributed by atoms with Crippen LogP contribution in [-0.4, -0.2) is 47.1 Å². The van der Waals surface area contributed by atoms with Crippen molar-refractivity contribution in [3.63, 3.8) is 0 Å². The van der Waals surface area contributed by atoms with Crippen molar-refractivity contribution in [2.24, 2.45) is 5.92 Å². The first kappa shape index (κ1) is 17.2. The number of ether oxygens (including phenoxy) is 1. The number of piperidine rings is 1. The molecule has 0 radical (unpaired) electrons. The van der Waals surface area contributed by atoms with Crippen molar-refractivity contribution < 1.29 is 13.2 Å². The molecule has 0 amide bonds. The lowest BCUT2D eigenvalue weighted by Crippen LogP contribution is -2.39. The number of aryl methyl sites for hydroxylation is 2. The summed E-state index contributed by atoms with van der Waals surface area (Å²) < 4.78 is 33.2. The van der Waals surface area contributed by atoms with Crippen LogP contribution in [0, 0.1) is 19.8 Å². The summed E-state index contributed by atoms with van der Waals surface area (Å²) in [6.07, 6.45) is 2.20. The van der Waals surface area contributed by atoms with Crippen LogP contribution < -0.4 is 9.46 Å². The van der Waals surface area contributed by atoms with E-state index in [0.29, 0.717) is 23.1 Å². The second-order valence-corrected chi connectivity index (χ2v) is 7.95. The summed E-state index contributed by atoms with van der Waals surface area (Å²) in [5.74, 6) is 0.976. The van der Waals surface area contributed by atoms with E-state index in [4.69, 9.17) is 4.74 Å². The van der Waals surface area contributed by atoms with Crippen molar-refractivity contribution in [1.29, 1.82) is 0 Å². The summed E-state index contributed by atoms with van der Waals surface area (Å²) in [6, 6.07) is 3.46. The van der Waals surface area contributed by atoms with E-state index in [-0.39, 0.29) is 0 Å². The van der Waals surface area contributed by atoms with Gasteiger partial charge in [-0.15, -0.1) is 0 Å². The monoisotopic (exact) mass is 326 g/mol. The van der Waals surface area contributed by atoms with Gasteiger partial charge >= 0.3 is 0 Å². The molecular formula is C16H26N2O3S. The number of hydrogen-bond acceptors (Lipinski definition) is 4. The van der Waals surface area contributed by atoms with Crippen molar-refractivity contribution in [3.05, 3.63) is 23.3 Å². The highest BCUT2D eigenvalue weighted by molar-refractivity contribution is 7.89. The molecule has 1 heterocycles. The number of rotatable bonds is 5. The number of hydrogen-bond donors (Lipinski definition) is 1. The Balaban J connectivity index is 2.13. The maximum atomic E-state index is 12.6. The quantitative estimate of drug-likeness (QED) is 0.898. The average Bonchev–Trinajstić information content (AvgIpc) is 2.45. The lowest BCUT2D eigenvalue weighted by Gasteiger charge is -2.29. The molecule has 1 atom stereocenters. The molecule has 0 aromatic heterocycles. The van der Waals surface area contributed by atoms with E-state index in [1.165, 1.54) is 0 Å². The number of likely N-dealkylation sites (tertiary alicyclic amines) is 1. The first-order chi connectivity index (χ1) is 10.3. The molecule has 1 aromatic carbocycles. The van der Waals surface area contributed by atoms with Crippen LogP contribution in [0.15, 0.2) is 17.0 Å². The Morgan fingerprint density at radius 1 is 1.32 bits per heavy atom. The van der Waals surface area contributed by atoms with Crippen molar-refractivity contribution in [2.45, 2.75) is 31.6 Å². The number of nitrogens with zero attached hydrogens (tertiary/aromatic N) is 1. The fourth-order valence-electron chi connectivity index (χ4n) is 3.07. The van der Waals surface area contributed by atoms with Gasteiger partial charge in [-0.3, -0.25) is 0 Å². The van der Waals surface area contributed by atoms with Gasteiger partial charge in [0.15, 0.2) is 0 Å². The highest BCUT2D eigenvalue weighted by Gasteiger charge is 2.22. The summed E-state index contributed by atoms with van der Waals surface area (Å²) in [5, 5.41) is 0. The smallest absolute Gasteiger partial charge is 0.240 e. The predicted octanol–water partition coefficient (Wildman–Crippen LogP) is 1.93. The predicted molar refractivity (Wildman–Crippen MR) is 87.9 cm³/mol. The Hall–Kier alpha value is -1.11. The zero-order chi connectivity index (χ0) is 16.3. The maximum absolute atomic E-state index is 12.6. The molecule has 1 aliphatic heterocycles. The third kappa shape index (κ3) is 4.00. The Labute approximate surface area is 133 Å². The third-order valence-corrected chi connectivity index (χ3v) is 5.83. The third-order valence-electron chi connectivity index (χ3n) is 4.27. The van der Waals surface area contributed by atoms with E-state index in [1.54, 1.807) is 13.2 Å². The molecule has 1 fully saturated rings. The molecule has 0 spiro atoms. The second-order valence-electron chi connectivity index (χ2n) is 6.21. The van der Waals surface area contributed by atoms with Crippen LogP contribution in [0.5, 0.6) is 5.75 Å². The lowest BCUT2D eigenvalue weighted by molar-refractivity contribution is 0.211. The van der Waals surface area contributed by atoms with Crippen molar-refractivity contribution in [3.8, 4) is 5.75 Å². The zero-order valence-corrected chi connectivity index (χ0v) is 14.7. The average molecular weight is 326 g/mol. The van der Waals surface area contributed by atoms with Crippen molar-refractivity contribution in [1.82, 2.24) is 9.62 Å². The first-order valence-corrected chi connectivity index (χ1v) is 9.15. The van der Waals surface area contributed by atoms with Gasteiger partial charge in [-0.25, -0.2) is 13.1 Å². The first-order valence-electron chi connectivity index (χ1n) is 7.67. The molecule has 2 rings (SSSR count). The Morgan fingerprint density at radius 2 is 2.05 bits per heavy atom. The molecule has 1 N–H and O–H groups in total. The summed E-state index contributed by atoms with van der Waals surface area (Å²) in [4.78, 5) is 2.56. The molecule has 0 saturated carbocycles.